The van der Waals surface area contributed by atoms with E-state index in [4.69, 9.17) is 4.74 Å². The van der Waals surface area contributed by atoms with Crippen LogP contribution in [0.3, 0.4) is 0 Å². The Bertz CT molecular complexity index is 762. The van der Waals surface area contributed by atoms with Crippen molar-refractivity contribution in [3.63, 3.8) is 0 Å². The first-order valence-corrected chi connectivity index (χ1v) is 8.33. The Hall–Kier alpha value is -2.93. The third-order valence-electron chi connectivity index (χ3n) is 3.64. The van der Waals surface area contributed by atoms with Crippen LogP contribution >= 0.6 is 0 Å². The molecule has 2 N–H and O–H groups in total. The van der Waals surface area contributed by atoms with Gasteiger partial charge in [0.2, 0.25) is 0 Å². The summed E-state index contributed by atoms with van der Waals surface area (Å²) >= 11 is 0. The summed E-state index contributed by atoms with van der Waals surface area (Å²) in [6.45, 7) is 1.52. The molecular weight excluding hydrogens is 332 g/mol. The van der Waals surface area contributed by atoms with Gasteiger partial charge in [-0.15, -0.1) is 0 Å². The van der Waals surface area contributed by atoms with Crippen LogP contribution in [0.25, 0.3) is 0 Å². The third kappa shape index (κ3) is 5.86. The van der Waals surface area contributed by atoms with Gasteiger partial charge >= 0.3 is 5.97 Å². The number of hydrogen-bond donors (Lipinski definition) is 2. The maximum Gasteiger partial charge on any atom is 0.337 e. The first-order chi connectivity index (χ1) is 12.5. The van der Waals surface area contributed by atoms with E-state index in [1.54, 1.807) is 30.5 Å². The van der Waals surface area contributed by atoms with E-state index in [2.05, 4.69) is 20.5 Å². The first-order valence-electron chi connectivity index (χ1n) is 8.33. The third-order valence-corrected chi connectivity index (χ3v) is 3.64. The second-order valence-corrected chi connectivity index (χ2v) is 6.07. The largest absolute Gasteiger partial charge is 0.465 e. The van der Waals surface area contributed by atoms with Gasteiger partial charge in [-0.25, -0.2) is 4.79 Å². The smallest absolute Gasteiger partial charge is 0.337 e. The van der Waals surface area contributed by atoms with Gasteiger partial charge in [0.25, 0.3) is 5.91 Å². The molecule has 0 aliphatic heterocycles. The second kappa shape index (κ2) is 9.53. The van der Waals surface area contributed by atoms with Crippen molar-refractivity contribution in [1.29, 1.82) is 0 Å². The summed E-state index contributed by atoms with van der Waals surface area (Å²) < 4.78 is 4.72. The number of methoxy groups -OCH3 is 1. The molecule has 1 amide bonds. The van der Waals surface area contributed by atoms with E-state index in [-0.39, 0.29) is 5.91 Å². The van der Waals surface area contributed by atoms with Crippen LogP contribution in [-0.2, 0) is 4.74 Å². The average Bonchev–Trinajstić information content (AvgIpc) is 2.64. The van der Waals surface area contributed by atoms with Crippen LogP contribution in [-0.4, -0.2) is 56.1 Å². The van der Waals surface area contributed by atoms with Gasteiger partial charge in [0.1, 0.15) is 0 Å². The fraction of sp³-hybridized carbons (Fsp3) is 0.316. The summed E-state index contributed by atoms with van der Waals surface area (Å²) in [4.78, 5) is 30.0. The number of nitrogens with one attached hydrogen (secondary N) is 2. The minimum atomic E-state index is -0.405. The van der Waals surface area contributed by atoms with Crippen LogP contribution in [0.1, 0.15) is 27.1 Å². The van der Waals surface area contributed by atoms with Gasteiger partial charge in [-0.2, -0.15) is 0 Å². The molecule has 1 aromatic carbocycles. The number of esters is 1. The van der Waals surface area contributed by atoms with E-state index in [0.717, 1.165) is 13.0 Å². The number of benzene rings is 1. The molecule has 2 aromatic rings. The highest BCUT2D eigenvalue weighted by molar-refractivity contribution is 5.95. The molecule has 0 aliphatic rings. The SMILES string of the molecule is COC(=O)c1cccc(Nc2cncc(C(=O)NCCCN(C)C)c2)c1. The molecular formula is C19H24N4O3. The predicted molar refractivity (Wildman–Crippen MR) is 101 cm³/mol. The fourth-order valence-electron chi connectivity index (χ4n) is 2.34. The van der Waals surface area contributed by atoms with Crippen LogP contribution in [0.15, 0.2) is 42.7 Å². The van der Waals surface area contributed by atoms with Gasteiger partial charge < -0.3 is 20.3 Å². The Morgan fingerprint density at radius 2 is 1.88 bits per heavy atom. The molecule has 7 nitrogen and oxygen atoms in total. The Morgan fingerprint density at radius 3 is 2.62 bits per heavy atom. The van der Waals surface area contributed by atoms with Gasteiger partial charge in [-0.05, 0) is 51.3 Å². The molecule has 2 rings (SSSR count). The van der Waals surface area contributed by atoms with Crippen molar-refractivity contribution in [3.8, 4) is 0 Å². The quantitative estimate of drug-likeness (QED) is 0.558. The number of carbonyl (C=O) groups excluding carboxylic acids is 2. The number of rotatable bonds is 8. The molecule has 0 saturated heterocycles. The lowest BCUT2D eigenvalue weighted by Crippen LogP contribution is -2.27. The van der Waals surface area contributed by atoms with Gasteiger partial charge in [-0.3, -0.25) is 9.78 Å². The zero-order valence-electron chi connectivity index (χ0n) is 15.3. The van der Waals surface area contributed by atoms with Crippen molar-refractivity contribution < 1.29 is 14.3 Å². The zero-order valence-corrected chi connectivity index (χ0v) is 15.3. The summed E-state index contributed by atoms with van der Waals surface area (Å²) in [5.74, 6) is -0.569. The predicted octanol–water partition coefficient (Wildman–Crippen LogP) is 2.29. The molecule has 7 heteroatoms. The number of amides is 1. The molecule has 0 spiro atoms. The molecule has 1 aromatic heterocycles. The molecule has 0 unspecified atom stereocenters. The second-order valence-electron chi connectivity index (χ2n) is 6.07. The zero-order chi connectivity index (χ0) is 18.9. The summed E-state index contributed by atoms with van der Waals surface area (Å²) in [5, 5.41) is 6.03. The normalized spacial score (nSPS) is 10.5. The Kier molecular flexibility index (Phi) is 7.11. The van der Waals surface area contributed by atoms with E-state index in [1.165, 1.54) is 13.3 Å². The van der Waals surface area contributed by atoms with Gasteiger partial charge in [0.05, 0.1) is 30.1 Å². The van der Waals surface area contributed by atoms with Crippen molar-refractivity contribution in [1.82, 2.24) is 15.2 Å². The van der Waals surface area contributed by atoms with E-state index in [1.807, 2.05) is 20.2 Å². The Balaban J connectivity index is 2.00. The lowest BCUT2D eigenvalue weighted by atomic mass is 10.2. The minimum absolute atomic E-state index is 0.164. The number of hydrogen-bond acceptors (Lipinski definition) is 6. The number of nitrogens with zero attached hydrogens (tertiary/aromatic N) is 2. The standard InChI is InChI=1S/C19H24N4O3/c1-23(2)9-5-8-21-18(24)15-11-17(13-20-12-15)22-16-7-4-6-14(10-16)19(25)26-3/h4,6-7,10-13,22H,5,8-9H2,1-3H3,(H,21,24). The van der Waals surface area contributed by atoms with Gasteiger partial charge in [-0.1, -0.05) is 6.07 Å². The van der Waals surface area contributed by atoms with E-state index in [0.29, 0.717) is 29.0 Å². The van der Waals surface area contributed by atoms with Crippen molar-refractivity contribution in [2.75, 3.05) is 39.6 Å². The average molecular weight is 356 g/mol. The van der Waals surface area contributed by atoms with Crippen LogP contribution in [0.4, 0.5) is 11.4 Å². The van der Waals surface area contributed by atoms with Crippen LogP contribution in [0.2, 0.25) is 0 Å². The lowest BCUT2D eigenvalue weighted by molar-refractivity contribution is 0.0600. The Labute approximate surface area is 153 Å². The molecule has 0 aliphatic carbocycles. The van der Waals surface area contributed by atoms with Crippen molar-refractivity contribution >= 4 is 23.3 Å². The number of anilines is 2. The highest BCUT2D eigenvalue weighted by Gasteiger charge is 2.08. The molecule has 1 heterocycles. The van der Waals surface area contributed by atoms with Crippen molar-refractivity contribution in [2.45, 2.75) is 6.42 Å². The number of pyridine rings is 1. The van der Waals surface area contributed by atoms with E-state index < -0.39 is 5.97 Å². The van der Waals surface area contributed by atoms with Crippen molar-refractivity contribution in [2.24, 2.45) is 0 Å². The molecule has 0 bridgehead atoms. The summed E-state index contributed by atoms with van der Waals surface area (Å²) in [5.41, 5.74) is 2.29. The first kappa shape index (κ1) is 19.4. The highest BCUT2D eigenvalue weighted by atomic mass is 16.5. The Morgan fingerprint density at radius 1 is 1.12 bits per heavy atom. The summed E-state index contributed by atoms with van der Waals surface area (Å²) in [6, 6.07) is 8.65. The minimum Gasteiger partial charge on any atom is -0.465 e. The topological polar surface area (TPSA) is 83.6 Å². The number of carbonyl (C=O) groups is 2. The molecule has 0 saturated carbocycles. The van der Waals surface area contributed by atoms with Gasteiger partial charge in [0, 0.05) is 18.4 Å². The molecule has 138 valence electrons. The molecule has 26 heavy (non-hydrogen) atoms. The molecule has 0 fully saturated rings. The summed E-state index contributed by atoms with van der Waals surface area (Å²) in [7, 11) is 5.33. The van der Waals surface area contributed by atoms with Gasteiger partial charge in [0.15, 0.2) is 0 Å². The highest BCUT2D eigenvalue weighted by Crippen LogP contribution is 2.18. The number of ether oxygens (including phenoxy) is 1. The van der Waals surface area contributed by atoms with Crippen molar-refractivity contribution in [3.05, 3.63) is 53.9 Å². The maximum atomic E-state index is 12.2. The van der Waals surface area contributed by atoms with Crippen LogP contribution < -0.4 is 10.6 Å². The van der Waals surface area contributed by atoms with Crippen LogP contribution in [0, 0.1) is 0 Å². The lowest BCUT2D eigenvalue weighted by Gasteiger charge is -2.11. The fourth-order valence-corrected chi connectivity index (χ4v) is 2.34. The monoisotopic (exact) mass is 356 g/mol. The van der Waals surface area contributed by atoms with Crippen LogP contribution in [0.5, 0.6) is 0 Å². The molecule has 0 atom stereocenters. The number of aromatic nitrogens is 1. The maximum absolute atomic E-state index is 12.2. The van der Waals surface area contributed by atoms with E-state index >= 15 is 0 Å². The molecule has 0 radical (unpaired) electrons. The van der Waals surface area contributed by atoms with E-state index in [9.17, 15) is 9.59 Å². The summed E-state index contributed by atoms with van der Waals surface area (Å²) in [6.07, 6.45) is 4.02.